The minimum Gasteiger partial charge on any atom is -0.366 e. The third-order valence-corrected chi connectivity index (χ3v) is 5.15. The average molecular weight is 360 g/mol. The van der Waals surface area contributed by atoms with Gasteiger partial charge in [0.05, 0.1) is 5.71 Å². The van der Waals surface area contributed by atoms with E-state index in [2.05, 4.69) is 102 Å². The molecule has 1 aliphatic rings. The summed E-state index contributed by atoms with van der Waals surface area (Å²) in [5.41, 5.74) is 9.42. The van der Waals surface area contributed by atoms with Gasteiger partial charge in [-0.1, -0.05) is 91.0 Å². The Bertz CT molecular complexity index is 1140. The van der Waals surface area contributed by atoms with Gasteiger partial charge >= 0.3 is 0 Å². The normalized spacial score (nSPS) is 12.6. The lowest BCUT2D eigenvalue weighted by molar-refractivity contribution is 1.11. The molecule has 0 radical (unpaired) electrons. The van der Waals surface area contributed by atoms with Gasteiger partial charge in [-0.05, 0) is 34.4 Å². The first-order valence-electron chi connectivity index (χ1n) is 9.52. The van der Waals surface area contributed by atoms with E-state index in [0.29, 0.717) is 6.67 Å². The monoisotopic (exact) mass is 360 g/mol. The molecule has 0 amide bonds. The molecule has 0 bridgehead atoms. The zero-order chi connectivity index (χ0) is 18.8. The summed E-state index contributed by atoms with van der Waals surface area (Å²) in [6.07, 6.45) is 0. The number of rotatable bonds is 3. The summed E-state index contributed by atoms with van der Waals surface area (Å²) in [5, 5.41) is 3.33. The lowest BCUT2D eigenvalue weighted by atomic mass is 9.95. The first kappa shape index (κ1) is 16.5. The highest BCUT2D eigenvalue weighted by Crippen LogP contribution is 2.28. The van der Waals surface area contributed by atoms with Gasteiger partial charge in [0.1, 0.15) is 6.67 Å². The van der Waals surface area contributed by atoms with Crippen molar-refractivity contribution >= 4 is 11.4 Å². The second-order valence-electron chi connectivity index (χ2n) is 6.91. The molecule has 0 saturated heterocycles. The number of hydrogen-bond acceptors (Lipinski definition) is 2. The second kappa shape index (κ2) is 7.16. The van der Waals surface area contributed by atoms with E-state index in [4.69, 9.17) is 4.99 Å². The third-order valence-electron chi connectivity index (χ3n) is 5.15. The van der Waals surface area contributed by atoms with Crippen molar-refractivity contribution in [2.45, 2.75) is 0 Å². The fraction of sp³-hybridized carbons (Fsp3) is 0.0385. The largest absolute Gasteiger partial charge is 0.366 e. The van der Waals surface area contributed by atoms with E-state index in [1.165, 1.54) is 22.3 Å². The Balaban J connectivity index is 1.47. The van der Waals surface area contributed by atoms with E-state index in [9.17, 15) is 0 Å². The SMILES string of the molecule is c1ccc(-c2cccc(-c3ccc(C4=NCNc5ccccc54)cc3)c2)cc1. The molecule has 28 heavy (non-hydrogen) atoms. The summed E-state index contributed by atoms with van der Waals surface area (Å²) in [6.45, 7) is 0.618. The topological polar surface area (TPSA) is 24.4 Å². The van der Waals surface area contributed by atoms with Gasteiger partial charge in [0.2, 0.25) is 0 Å². The van der Waals surface area contributed by atoms with E-state index < -0.39 is 0 Å². The van der Waals surface area contributed by atoms with Crippen LogP contribution >= 0.6 is 0 Å². The Kier molecular flexibility index (Phi) is 4.23. The van der Waals surface area contributed by atoms with Gasteiger partial charge in [-0.25, -0.2) is 0 Å². The van der Waals surface area contributed by atoms with Crippen molar-refractivity contribution in [3.63, 3.8) is 0 Å². The minimum atomic E-state index is 0.618. The molecule has 5 rings (SSSR count). The van der Waals surface area contributed by atoms with Crippen molar-refractivity contribution in [2.75, 3.05) is 12.0 Å². The summed E-state index contributed by atoms with van der Waals surface area (Å²) in [6, 6.07) is 36.3. The fourth-order valence-electron chi connectivity index (χ4n) is 3.71. The highest BCUT2D eigenvalue weighted by atomic mass is 15.0. The maximum absolute atomic E-state index is 4.70. The fourth-order valence-corrected chi connectivity index (χ4v) is 3.71. The number of anilines is 1. The number of benzene rings is 4. The predicted octanol–water partition coefficient (Wildman–Crippen LogP) is 6.24. The van der Waals surface area contributed by atoms with Crippen molar-refractivity contribution < 1.29 is 0 Å². The van der Waals surface area contributed by atoms with Gasteiger partial charge in [0, 0.05) is 16.8 Å². The molecule has 2 nitrogen and oxygen atoms in total. The second-order valence-corrected chi connectivity index (χ2v) is 6.91. The molecular weight excluding hydrogens is 340 g/mol. The van der Waals surface area contributed by atoms with Crippen LogP contribution in [0.25, 0.3) is 22.3 Å². The van der Waals surface area contributed by atoms with E-state index in [0.717, 1.165) is 22.5 Å². The van der Waals surface area contributed by atoms with Gasteiger partial charge < -0.3 is 5.32 Å². The highest BCUT2D eigenvalue weighted by molar-refractivity contribution is 6.16. The molecule has 0 spiro atoms. The number of fused-ring (bicyclic) bond motifs is 1. The molecule has 0 saturated carbocycles. The van der Waals surface area contributed by atoms with Crippen molar-refractivity contribution in [3.05, 3.63) is 114 Å². The number of nitrogens with one attached hydrogen (secondary N) is 1. The van der Waals surface area contributed by atoms with Crippen LogP contribution in [0.1, 0.15) is 11.1 Å². The molecule has 1 aliphatic heterocycles. The van der Waals surface area contributed by atoms with Crippen LogP contribution in [-0.2, 0) is 0 Å². The summed E-state index contributed by atoms with van der Waals surface area (Å²) < 4.78 is 0. The van der Waals surface area contributed by atoms with E-state index >= 15 is 0 Å². The molecule has 0 aromatic heterocycles. The minimum absolute atomic E-state index is 0.618. The molecule has 4 aromatic rings. The van der Waals surface area contributed by atoms with Crippen LogP contribution in [0.15, 0.2) is 108 Å². The maximum Gasteiger partial charge on any atom is 0.108 e. The predicted molar refractivity (Wildman–Crippen MR) is 118 cm³/mol. The quantitative estimate of drug-likeness (QED) is 0.459. The van der Waals surface area contributed by atoms with Gasteiger partial charge in [-0.2, -0.15) is 0 Å². The summed E-state index contributed by atoms with van der Waals surface area (Å²) in [7, 11) is 0. The smallest absolute Gasteiger partial charge is 0.108 e. The molecule has 0 aliphatic carbocycles. The number of para-hydroxylation sites is 1. The number of hydrogen-bond donors (Lipinski definition) is 1. The molecule has 0 atom stereocenters. The summed E-state index contributed by atoms with van der Waals surface area (Å²) in [5.74, 6) is 0. The van der Waals surface area contributed by atoms with Crippen LogP contribution in [-0.4, -0.2) is 12.4 Å². The lowest BCUT2D eigenvalue weighted by Crippen LogP contribution is -2.16. The first-order chi connectivity index (χ1) is 13.9. The molecule has 1 N–H and O–H groups in total. The van der Waals surface area contributed by atoms with Gasteiger partial charge in [-0.3, -0.25) is 4.99 Å². The standard InChI is InChI=1S/C26H20N2/c1-2-7-19(8-3-1)22-9-6-10-23(17-22)20-13-15-21(16-14-20)26-24-11-4-5-12-25(24)27-18-28-26/h1-17,27H,18H2. The third kappa shape index (κ3) is 3.10. The molecule has 2 heteroatoms. The lowest BCUT2D eigenvalue weighted by Gasteiger charge is -2.18. The van der Waals surface area contributed by atoms with Gasteiger partial charge in [0.25, 0.3) is 0 Å². The zero-order valence-corrected chi connectivity index (χ0v) is 15.5. The molecular formula is C26H20N2. The maximum atomic E-state index is 4.70. The molecule has 0 fully saturated rings. The Morgan fingerprint density at radius 2 is 1.14 bits per heavy atom. The zero-order valence-electron chi connectivity index (χ0n) is 15.5. The average Bonchev–Trinajstić information content (AvgIpc) is 2.79. The molecule has 1 heterocycles. The van der Waals surface area contributed by atoms with Crippen LogP contribution in [0, 0.1) is 0 Å². The Morgan fingerprint density at radius 3 is 1.93 bits per heavy atom. The van der Waals surface area contributed by atoms with E-state index in [-0.39, 0.29) is 0 Å². The van der Waals surface area contributed by atoms with Gasteiger partial charge in [0.15, 0.2) is 0 Å². The number of nitrogens with zero attached hydrogens (tertiary/aromatic N) is 1. The summed E-state index contributed by atoms with van der Waals surface area (Å²) >= 11 is 0. The van der Waals surface area contributed by atoms with E-state index in [1.807, 2.05) is 6.07 Å². The first-order valence-corrected chi connectivity index (χ1v) is 9.52. The van der Waals surface area contributed by atoms with Crippen molar-refractivity contribution in [1.29, 1.82) is 0 Å². The molecule has 134 valence electrons. The van der Waals surface area contributed by atoms with Crippen LogP contribution in [0.2, 0.25) is 0 Å². The van der Waals surface area contributed by atoms with Crippen molar-refractivity contribution in [1.82, 2.24) is 0 Å². The van der Waals surface area contributed by atoms with Crippen LogP contribution in [0.5, 0.6) is 0 Å². The molecule has 0 unspecified atom stereocenters. The van der Waals surface area contributed by atoms with E-state index in [1.54, 1.807) is 0 Å². The Labute approximate surface area is 165 Å². The van der Waals surface area contributed by atoms with Crippen LogP contribution in [0.3, 0.4) is 0 Å². The highest BCUT2D eigenvalue weighted by Gasteiger charge is 2.14. The molecule has 4 aromatic carbocycles. The van der Waals surface area contributed by atoms with Crippen molar-refractivity contribution in [3.8, 4) is 22.3 Å². The Hall–Kier alpha value is -3.65. The summed E-state index contributed by atoms with van der Waals surface area (Å²) in [4.78, 5) is 4.70. The van der Waals surface area contributed by atoms with Crippen LogP contribution < -0.4 is 5.32 Å². The van der Waals surface area contributed by atoms with Crippen molar-refractivity contribution in [2.24, 2.45) is 4.99 Å². The van der Waals surface area contributed by atoms with Crippen LogP contribution in [0.4, 0.5) is 5.69 Å². The Morgan fingerprint density at radius 1 is 0.536 bits per heavy atom. The van der Waals surface area contributed by atoms with Gasteiger partial charge in [-0.15, -0.1) is 0 Å². The number of aliphatic imine (C=N–C) groups is 1.